The third-order valence-corrected chi connectivity index (χ3v) is 4.16. The number of benzene rings is 1. The van der Waals surface area contributed by atoms with Gasteiger partial charge in [-0.1, -0.05) is 42.5 Å². The molecule has 1 aromatic carbocycles. The maximum atomic E-state index is 13.6. The van der Waals surface area contributed by atoms with Gasteiger partial charge in [0.1, 0.15) is 5.67 Å². The van der Waals surface area contributed by atoms with E-state index in [2.05, 4.69) is 0 Å². The Bertz CT molecular complexity index is 461. The summed E-state index contributed by atoms with van der Waals surface area (Å²) in [4.78, 5) is 0.315. The van der Waals surface area contributed by atoms with E-state index in [-0.39, 0.29) is 5.92 Å². The highest BCUT2D eigenvalue weighted by Crippen LogP contribution is 2.23. The van der Waals surface area contributed by atoms with E-state index >= 15 is 0 Å². The number of nitrogens with two attached hydrogens (primary N) is 2. The monoisotopic (exact) mass is 326 g/mol. The second-order valence-corrected chi connectivity index (χ2v) is 6.98. The second-order valence-electron chi connectivity index (χ2n) is 6.51. The molecule has 0 amide bonds. The fraction of sp³-hybridized carbons (Fsp3) is 0.588. The first-order valence-corrected chi connectivity index (χ1v) is 8.05. The van der Waals surface area contributed by atoms with Gasteiger partial charge in [-0.05, 0) is 45.1 Å². The Balaban J connectivity index is 2.55. The summed E-state index contributed by atoms with van der Waals surface area (Å²) in [6.07, 6.45) is 1.12. The predicted molar refractivity (Wildman–Crippen MR) is 93.4 cm³/mol. The molecular weight excluding hydrogens is 299 g/mol. The average molecular weight is 326 g/mol. The molecule has 5 N–H and O–H groups in total. The molecule has 1 aromatic rings. The third-order valence-electron chi connectivity index (χ3n) is 3.82. The van der Waals surface area contributed by atoms with Crippen molar-refractivity contribution >= 4 is 17.2 Å². The van der Waals surface area contributed by atoms with E-state index in [1.165, 1.54) is 13.8 Å². The molecule has 0 saturated carbocycles. The topological polar surface area (TPSA) is 72.3 Å². The van der Waals surface area contributed by atoms with Crippen LogP contribution in [0.15, 0.2) is 30.3 Å². The molecule has 0 bridgehead atoms. The highest BCUT2D eigenvalue weighted by molar-refractivity contribution is 7.80. The van der Waals surface area contributed by atoms with Crippen LogP contribution in [0.25, 0.3) is 0 Å². The van der Waals surface area contributed by atoms with Crippen LogP contribution in [0.3, 0.4) is 0 Å². The first-order valence-electron chi connectivity index (χ1n) is 7.65. The van der Waals surface area contributed by atoms with E-state index in [0.29, 0.717) is 30.7 Å². The fourth-order valence-corrected chi connectivity index (χ4v) is 2.60. The lowest BCUT2D eigenvalue weighted by atomic mass is 9.88. The van der Waals surface area contributed by atoms with Crippen molar-refractivity contribution in [1.82, 2.24) is 0 Å². The van der Waals surface area contributed by atoms with Crippen LogP contribution in [0.1, 0.15) is 38.7 Å². The Morgan fingerprint density at radius 1 is 1.32 bits per heavy atom. The number of alkyl halides is 1. The molecule has 0 heterocycles. The van der Waals surface area contributed by atoms with Crippen LogP contribution < -0.4 is 11.5 Å². The van der Waals surface area contributed by atoms with Crippen LogP contribution >= 0.6 is 12.2 Å². The van der Waals surface area contributed by atoms with Crippen LogP contribution in [-0.4, -0.2) is 27.9 Å². The van der Waals surface area contributed by atoms with Crippen molar-refractivity contribution in [2.24, 2.45) is 17.4 Å². The zero-order valence-electron chi connectivity index (χ0n) is 13.3. The van der Waals surface area contributed by atoms with Gasteiger partial charge >= 0.3 is 0 Å². The zero-order chi connectivity index (χ0) is 16.8. The van der Waals surface area contributed by atoms with Gasteiger partial charge in [-0.3, -0.25) is 0 Å². The van der Waals surface area contributed by atoms with Crippen LogP contribution in [0.4, 0.5) is 4.39 Å². The summed E-state index contributed by atoms with van der Waals surface area (Å²) in [5.74, 6) is -0.193. The third kappa shape index (κ3) is 7.29. The molecule has 22 heavy (non-hydrogen) atoms. The van der Waals surface area contributed by atoms with Crippen molar-refractivity contribution in [3.05, 3.63) is 35.9 Å². The molecule has 124 valence electrons. The predicted octanol–water partition coefficient (Wildman–Crippen LogP) is 2.74. The Kier molecular flexibility index (Phi) is 7.39. The summed E-state index contributed by atoms with van der Waals surface area (Å²) < 4.78 is 13.6. The molecule has 0 fully saturated rings. The smallest absolute Gasteiger partial charge is 0.105 e. The Morgan fingerprint density at radius 2 is 1.91 bits per heavy atom. The van der Waals surface area contributed by atoms with Crippen molar-refractivity contribution in [1.29, 1.82) is 0 Å². The van der Waals surface area contributed by atoms with E-state index in [0.717, 1.165) is 5.56 Å². The largest absolute Gasteiger partial charge is 0.393 e. The normalized spacial score (nSPS) is 16.0. The molecule has 3 unspecified atom stereocenters. The average Bonchev–Trinajstić information content (AvgIpc) is 2.42. The minimum atomic E-state index is -1.26. The minimum absolute atomic E-state index is 0.193. The van der Waals surface area contributed by atoms with Gasteiger partial charge in [-0.15, -0.1) is 0 Å². The Morgan fingerprint density at radius 3 is 2.41 bits per heavy atom. The van der Waals surface area contributed by atoms with Crippen LogP contribution in [-0.2, 0) is 6.42 Å². The minimum Gasteiger partial charge on any atom is -0.393 e. The van der Waals surface area contributed by atoms with Gasteiger partial charge in [0.2, 0.25) is 0 Å². The van der Waals surface area contributed by atoms with Gasteiger partial charge in [0.15, 0.2) is 0 Å². The summed E-state index contributed by atoms with van der Waals surface area (Å²) in [6.45, 7) is 3.06. The van der Waals surface area contributed by atoms with E-state index in [4.69, 9.17) is 23.7 Å². The maximum absolute atomic E-state index is 13.6. The van der Waals surface area contributed by atoms with Gasteiger partial charge in [0.05, 0.1) is 11.1 Å². The summed E-state index contributed by atoms with van der Waals surface area (Å²) >= 11 is 5.04. The van der Waals surface area contributed by atoms with Gasteiger partial charge in [0.25, 0.3) is 0 Å². The first kappa shape index (κ1) is 19.0. The Hall–Kier alpha value is -1.04. The highest BCUT2D eigenvalue weighted by atomic mass is 32.1. The summed E-state index contributed by atoms with van der Waals surface area (Å²) in [7, 11) is 0. The van der Waals surface area contributed by atoms with Crippen molar-refractivity contribution < 1.29 is 9.50 Å². The standard InChI is InChI=1S/C17H27FN2OS/c1-17(2,18)9-8-13(16(20)22)11-15(21)14(19)10-12-6-4-3-5-7-12/h3-7,13-15,21H,8-11,19H2,1-2H3,(H2,20,22). The Labute approximate surface area is 137 Å². The molecule has 3 nitrogen and oxygen atoms in total. The fourth-order valence-electron chi connectivity index (χ4n) is 2.38. The van der Waals surface area contributed by atoms with Crippen molar-refractivity contribution in [2.45, 2.75) is 57.3 Å². The molecule has 0 aliphatic rings. The van der Waals surface area contributed by atoms with E-state index in [9.17, 15) is 9.50 Å². The molecule has 0 aliphatic carbocycles. The van der Waals surface area contributed by atoms with E-state index < -0.39 is 17.8 Å². The van der Waals surface area contributed by atoms with Gasteiger partial charge in [0, 0.05) is 12.0 Å². The number of hydrogen-bond acceptors (Lipinski definition) is 3. The molecule has 0 saturated heterocycles. The molecule has 0 aromatic heterocycles. The molecule has 0 radical (unpaired) electrons. The number of aliphatic hydroxyl groups is 1. The van der Waals surface area contributed by atoms with Gasteiger partial charge < -0.3 is 16.6 Å². The van der Waals surface area contributed by atoms with Crippen LogP contribution in [0.2, 0.25) is 0 Å². The van der Waals surface area contributed by atoms with Crippen molar-refractivity contribution in [2.75, 3.05) is 0 Å². The molecule has 0 aliphatic heterocycles. The van der Waals surface area contributed by atoms with E-state index in [1.807, 2.05) is 30.3 Å². The quantitative estimate of drug-likeness (QED) is 0.610. The maximum Gasteiger partial charge on any atom is 0.105 e. The molecule has 5 heteroatoms. The van der Waals surface area contributed by atoms with Gasteiger partial charge in [-0.2, -0.15) is 0 Å². The van der Waals surface area contributed by atoms with Crippen LogP contribution in [0, 0.1) is 5.92 Å². The lowest BCUT2D eigenvalue weighted by Crippen LogP contribution is -2.40. The zero-order valence-corrected chi connectivity index (χ0v) is 14.2. The number of aliphatic hydroxyl groups excluding tert-OH is 1. The van der Waals surface area contributed by atoms with E-state index in [1.54, 1.807) is 0 Å². The molecule has 3 atom stereocenters. The van der Waals surface area contributed by atoms with Crippen molar-refractivity contribution in [3.8, 4) is 0 Å². The molecular formula is C17H27FN2OS. The lowest BCUT2D eigenvalue weighted by Gasteiger charge is -2.25. The van der Waals surface area contributed by atoms with Crippen molar-refractivity contribution in [3.63, 3.8) is 0 Å². The summed E-state index contributed by atoms with van der Waals surface area (Å²) in [5, 5.41) is 10.3. The molecule has 0 spiro atoms. The number of hydrogen-bond donors (Lipinski definition) is 3. The van der Waals surface area contributed by atoms with Crippen LogP contribution in [0.5, 0.6) is 0 Å². The summed E-state index contributed by atoms with van der Waals surface area (Å²) in [5.41, 5.74) is 11.6. The van der Waals surface area contributed by atoms with Gasteiger partial charge in [-0.25, -0.2) is 4.39 Å². The molecule has 1 rings (SSSR count). The SMILES string of the molecule is CC(C)(F)CCC(CC(O)C(N)Cc1ccccc1)C(N)=S. The number of halogens is 1. The number of thiocarbonyl (C=S) groups is 1. The number of rotatable bonds is 9. The highest BCUT2D eigenvalue weighted by Gasteiger charge is 2.25. The summed E-state index contributed by atoms with van der Waals surface area (Å²) in [6, 6.07) is 9.38. The lowest BCUT2D eigenvalue weighted by molar-refractivity contribution is 0.117. The second kappa shape index (κ2) is 8.56. The first-order chi connectivity index (χ1) is 10.2.